The molecular weight excluding hydrogens is 456 g/mol. The van der Waals surface area contributed by atoms with Gasteiger partial charge in [0, 0.05) is 42.4 Å². The van der Waals surface area contributed by atoms with E-state index in [1.165, 1.54) is 16.0 Å². The summed E-state index contributed by atoms with van der Waals surface area (Å²) < 4.78 is 28.1. The molecule has 0 radical (unpaired) electrons. The van der Waals surface area contributed by atoms with Gasteiger partial charge in [-0.1, -0.05) is 6.07 Å². The molecule has 3 N–H and O–H groups in total. The molecule has 0 unspecified atom stereocenters. The number of aromatic amines is 1. The van der Waals surface area contributed by atoms with Crippen LogP contribution in [0.3, 0.4) is 0 Å². The van der Waals surface area contributed by atoms with Crippen molar-refractivity contribution in [3.63, 3.8) is 0 Å². The van der Waals surface area contributed by atoms with Crippen molar-refractivity contribution >= 4 is 29.4 Å². The standard InChI is InChI=1S/C19H15F2N7OS.CH2O2/c20-19(21)5-12(6-19)28-9-14(16(27-28)13-3-1-2-4-22-13)25-17(29)15-10-30-18(26-15)11-7-23-24-8-11;2-1-3/h1-4,7-10,12H,5-6H2,(H,23,24)(H,25,29);1H,(H,2,3). The first kappa shape index (κ1) is 22.2. The highest BCUT2D eigenvalue weighted by molar-refractivity contribution is 7.13. The number of carbonyl (C=O) groups is 2. The van der Waals surface area contributed by atoms with Crippen molar-refractivity contribution in [3.8, 4) is 22.0 Å². The molecule has 13 heteroatoms. The lowest BCUT2D eigenvalue weighted by Crippen LogP contribution is -2.37. The largest absolute Gasteiger partial charge is 0.483 e. The molecule has 0 aromatic carbocycles. The molecule has 1 saturated carbocycles. The van der Waals surface area contributed by atoms with Crippen LogP contribution in [-0.2, 0) is 4.79 Å². The minimum absolute atomic E-state index is 0.242. The number of hydrogen-bond donors (Lipinski definition) is 3. The number of pyridine rings is 1. The molecule has 1 aliphatic rings. The fourth-order valence-corrected chi connectivity index (χ4v) is 4.03. The highest BCUT2D eigenvalue weighted by Crippen LogP contribution is 2.46. The van der Waals surface area contributed by atoms with E-state index >= 15 is 0 Å². The molecule has 0 bridgehead atoms. The van der Waals surface area contributed by atoms with Crippen LogP contribution >= 0.6 is 11.3 Å². The molecule has 10 nitrogen and oxygen atoms in total. The summed E-state index contributed by atoms with van der Waals surface area (Å²) in [5, 5.41) is 23.0. The minimum atomic E-state index is -2.67. The van der Waals surface area contributed by atoms with Crippen LogP contribution in [0.25, 0.3) is 22.0 Å². The number of amides is 1. The summed E-state index contributed by atoms with van der Waals surface area (Å²) in [6.07, 6.45) is 5.95. The first-order valence-corrected chi connectivity index (χ1v) is 10.5. The van der Waals surface area contributed by atoms with Gasteiger partial charge in [-0.25, -0.2) is 13.8 Å². The Balaban J connectivity index is 0.000000821. The SMILES string of the molecule is O=C(Nc1cn(C2CC(F)(F)C2)nc1-c1ccccn1)c1csc(-c2cn[nH]c2)n1.O=CO. The van der Waals surface area contributed by atoms with E-state index in [1.807, 2.05) is 0 Å². The quantitative estimate of drug-likeness (QED) is 0.376. The van der Waals surface area contributed by atoms with Gasteiger partial charge in [0.25, 0.3) is 18.3 Å². The summed E-state index contributed by atoms with van der Waals surface area (Å²) in [5.41, 5.74) is 2.38. The number of carboxylic acid groups (broad SMARTS) is 1. The van der Waals surface area contributed by atoms with Crippen molar-refractivity contribution in [2.45, 2.75) is 24.8 Å². The molecule has 33 heavy (non-hydrogen) atoms. The summed E-state index contributed by atoms with van der Waals surface area (Å²) in [4.78, 5) is 29.8. The summed E-state index contributed by atoms with van der Waals surface area (Å²) in [6, 6.07) is 4.89. The number of nitrogens with zero attached hydrogens (tertiary/aromatic N) is 5. The maximum absolute atomic E-state index is 13.3. The van der Waals surface area contributed by atoms with Gasteiger partial charge in [0.15, 0.2) is 0 Å². The number of anilines is 1. The number of aromatic nitrogens is 6. The third kappa shape index (κ3) is 4.92. The van der Waals surface area contributed by atoms with Crippen molar-refractivity contribution in [2.24, 2.45) is 0 Å². The monoisotopic (exact) mass is 473 g/mol. The predicted molar refractivity (Wildman–Crippen MR) is 115 cm³/mol. The van der Waals surface area contributed by atoms with Gasteiger partial charge in [-0.15, -0.1) is 11.3 Å². The Hall–Kier alpha value is -4.00. The van der Waals surface area contributed by atoms with Crippen molar-refractivity contribution in [2.75, 3.05) is 5.32 Å². The second-order valence-electron chi connectivity index (χ2n) is 7.09. The second kappa shape index (κ2) is 9.24. The molecule has 5 rings (SSSR count). The van der Waals surface area contributed by atoms with E-state index < -0.39 is 17.9 Å². The van der Waals surface area contributed by atoms with E-state index in [0.29, 0.717) is 22.1 Å². The van der Waals surface area contributed by atoms with Gasteiger partial charge >= 0.3 is 0 Å². The Morgan fingerprint density at radius 1 is 1.36 bits per heavy atom. The zero-order valence-electron chi connectivity index (χ0n) is 16.9. The lowest BCUT2D eigenvalue weighted by molar-refractivity contribution is -0.122. The van der Waals surface area contributed by atoms with Gasteiger partial charge < -0.3 is 10.4 Å². The average Bonchev–Trinajstić information content (AvgIpc) is 3.53. The highest BCUT2D eigenvalue weighted by atomic mass is 32.1. The summed E-state index contributed by atoms with van der Waals surface area (Å²) >= 11 is 1.32. The third-order valence-electron chi connectivity index (χ3n) is 4.81. The van der Waals surface area contributed by atoms with E-state index in [1.54, 1.807) is 48.4 Å². The van der Waals surface area contributed by atoms with Gasteiger partial charge in [-0.2, -0.15) is 10.2 Å². The Morgan fingerprint density at radius 2 is 2.15 bits per heavy atom. The van der Waals surface area contributed by atoms with Gasteiger partial charge in [-0.05, 0) is 12.1 Å². The molecular formula is C20H17F2N7O3S. The van der Waals surface area contributed by atoms with Crippen LogP contribution in [-0.4, -0.2) is 53.4 Å². The molecule has 0 aliphatic heterocycles. The maximum atomic E-state index is 13.3. The molecule has 0 atom stereocenters. The lowest BCUT2D eigenvalue weighted by Gasteiger charge is -2.34. The predicted octanol–water partition coefficient (Wildman–Crippen LogP) is 3.72. The molecule has 4 aromatic heterocycles. The molecule has 4 aromatic rings. The lowest BCUT2D eigenvalue weighted by atomic mass is 9.88. The smallest absolute Gasteiger partial charge is 0.290 e. The number of carbonyl (C=O) groups excluding carboxylic acids is 1. The van der Waals surface area contributed by atoms with Crippen LogP contribution in [0.2, 0.25) is 0 Å². The zero-order chi connectivity index (χ0) is 23.4. The zero-order valence-corrected chi connectivity index (χ0v) is 17.7. The molecule has 4 heterocycles. The second-order valence-corrected chi connectivity index (χ2v) is 7.95. The van der Waals surface area contributed by atoms with Crippen LogP contribution in [0.1, 0.15) is 29.4 Å². The number of alkyl halides is 2. The van der Waals surface area contributed by atoms with Crippen LogP contribution < -0.4 is 5.32 Å². The van der Waals surface area contributed by atoms with Gasteiger partial charge in [0.05, 0.1) is 23.6 Å². The first-order valence-electron chi connectivity index (χ1n) is 9.62. The molecule has 170 valence electrons. The molecule has 1 aliphatic carbocycles. The molecule has 0 saturated heterocycles. The number of H-pyrrole nitrogens is 1. The van der Waals surface area contributed by atoms with Crippen molar-refractivity contribution in [1.82, 2.24) is 29.9 Å². The summed E-state index contributed by atoms with van der Waals surface area (Å²) in [7, 11) is 0. The van der Waals surface area contributed by atoms with Gasteiger partial charge in [-0.3, -0.25) is 24.4 Å². The van der Waals surface area contributed by atoms with Crippen LogP contribution in [0.4, 0.5) is 14.5 Å². The highest BCUT2D eigenvalue weighted by Gasteiger charge is 2.47. The Bertz CT molecular complexity index is 1230. The minimum Gasteiger partial charge on any atom is -0.483 e. The first-order chi connectivity index (χ1) is 15.9. The van der Waals surface area contributed by atoms with Crippen LogP contribution in [0, 0.1) is 0 Å². The van der Waals surface area contributed by atoms with E-state index in [-0.39, 0.29) is 25.0 Å². The number of nitrogens with one attached hydrogen (secondary N) is 2. The van der Waals surface area contributed by atoms with Gasteiger partial charge in [0.1, 0.15) is 16.4 Å². The van der Waals surface area contributed by atoms with E-state index in [4.69, 9.17) is 9.90 Å². The Labute approximate surface area is 189 Å². The van der Waals surface area contributed by atoms with E-state index in [0.717, 1.165) is 5.56 Å². The summed E-state index contributed by atoms with van der Waals surface area (Å²) in [6.45, 7) is -0.250. The number of hydrogen-bond acceptors (Lipinski definition) is 7. The van der Waals surface area contributed by atoms with Crippen molar-refractivity contribution in [1.29, 1.82) is 0 Å². The third-order valence-corrected chi connectivity index (χ3v) is 5.70. The Morgan fingerprint density at radius 3 is 2.79 bits per heavy atom. The van der Waals surface area contributed by atoms with Crippen molar-refractivity contribution < 1.29 is 23.5 Å². The molecule has 1 amide bonds. The molecule has 1 fully saturated rings. The van der Waals surface area contributed by atoms with Crippen LogP contribution in [0.5, 0.6) is 0 Å². The number of thiazole rings is 1. The topological polar surface area (TPSA) is 139 Å². The van der Waals surface area contributed by atoms with E-state index in [9.17, 15) is 13.6 Å². The molecule has 0 spiro atoms. The summed E-state index contributed by atoms with van der Waals surface area (Å²) in [5.74, 6) is -3.09. The van der Waals surface area contributed by atoms with E-state index in [2.05, 4.69) is 30.6 Å². The average molecular weight is 473 g/mol. The Kier molecular flexibility index (Phi) is 6.22. The number of halogens is 2. The fourth-order valence-electron chi connectivity index (χ4n) is 3.24. The maximum Gasteiger partial charge on any atom is 0.290 e. The van der Waals surface area contributed by atoms with Crippen LogP contribution in [0.15, 0.2) is 48.4 Å². The normalized spacial score (nSPS) is 14.6. The fraction of sp³-hybridized carbons (Fsp3) is 0.200. The number of rotatable bonds is 5. The van der Waals surface area contributed by atoms with Crippen molar-refractivity contribution in [3.05, 3.63) is 54.1 Å². The van der Waals surface area contributed by atoms with Gasteiger partial charge in [0.2, 0.25) is 0 Å².